The van der Waals surface area contributed by atoms with Crippen molar-refractivity contribution in [1.29, 1.82) is 0 Å². The van der Waals surface area contributed by atoms with Gasteiger partial charge in [0, 0.05) is 11.8 Å². The van der Waals surface area contributed by atoms with Crippen LogP contribution in [0.4, 0.5) is 0 Å². The van der Waals surface area contributed by atoms with E-state index >= 15 is 0 Å². The van der Waals surface area contributed by atoms with E-state index in [1.165, 1.54) is 16.9 Å². The number of benzene rings is 1. The fraction of sp³-hybridized carbons (Fsp3) is 0.538. The van der Waals surface area contributed by atoms with Gasteiger partial charge in [-0.25, -0.2) is 0 Å². The second kappa shape index (κ2) is 6.91. The molecule has 1 nitrogen and oxygen atoms in total. The average Bonchev–Trinajstić information content (AvgIpc) is 2.22. The normalized spacial score (nSPS) is 12.7. The molecule has 0 aliphatic heterocycles. The Balaban J connectivity index is 2.53. The fourth-order valence-corrected chi connectivity index (χ4v) is 2.33. The molecule has 1 aromatic rings. The van der Waals surface area contributed by atoms with Crippen LogP contribution < -0.4 is 5.32 Å². The molecule has 0 radical (unpaired) electrons. The summed E-state index contributed by atoms with van der Waals surface area (Å²) in [4.78, 5) is 0. The van der Waals surface area contributed by atoms with Gasteiger partial charge in [0.25, 0.3) is 0 Å². The van der Waals surface area contributed by atoms with Crippen molar-refractivity contribution < 1.29 is 0 Å². The third kappa shape index (κ3) is 4.72. The Bertz CT molecular complexity index is 262. The highest BCUT2D eigenvalue weighted by molar-refractivity contribution is 7.98. The van der Waals surface area contributed by atoms with E-state index in [0.717, 1.165) is 13.0 Å². The summed E-state index contributed by atoms with van der Waals surface area (Å²) in [5.74, 6) is 1.18. The molecular formula is C13H21NS. The van der Waals surface area contributed by atoms with Crippen molar-refractivity contribution in [1.82, 2.24) is 5.32 Å². The van der Waals surface area contributed by atoms with E-state index in [9.17, 15) is 0 Å². The van der Waals surface area contributed by atoms with Gasteiger partial charge < -0.3 is 5.32 Å². The third-order valence-corrected chi connectivity index (χ3v) is 3.20. The smallest absolute Gasteiger partial charge is 0.0198 e. The van der Waals surface area contributed by atoms with E-state index in [2.05, 4.69) is 49.7 Å². The number of hydrogen-bond acceptors (Lipinski definition) is 2. The van der Waals surface area contributed by atoms with E-state index in [0.29, 0.717) is 6.04 Å². The molecule has 0 aliphatic rings. The Morgan fingerprint density at radius 3 is 2.47 bits per heavy atom. The van der Waals surface area contributed by atoms with Crippen LogP contribution in [0.3, 0.4) is 0 Å². The summed E-state index contributed by atoms with van der Waals surface area (Å²) in [7, 11) is 0. The lowest BCUT2D eigenvalue weighted by atomic mass is 10.1. The van der Waals surface area contributed by atoms with Crippen LogP contribution >= 0.6 is 11.8 Å². The van der Waals surface area contributed by atoms with Crippen LogP contribution in [0.5, 0.6) is 0 Å². The topological polar surface area (TPSA) is 12.0 Å². The van der Waals surface area contributed by atoms with E-state index < -0.39 is 0 Å². The average molecular weight is 223 g/mol. The van der Waals surface area contributed by atoms with Gasteiger partial charge in [0.1, 0.15) is 0 Å². The molecule has 0 aliphatic carbocycles. The quantitative estimate of drug-likeness (QED) is 0.796. The van der Waals surface area contributed by atoms with Crippen LogP contribution in [0.15, 0.2) is 24.3 Å². The molecule has 0 bridgehead atoms. The van der Waals surface area contributed by atoms with Gasteiger partial charge in [0.05, 0.1) is 0 Å². The second-order valence-corrected chi connectivity index (χ2v) is 4.81. The van der Waals surface area contributed by atoms with Gasteiger partial charge in [0.2, 0.25) is 0 Å². The van der Waals surface area contributed by atoms with Crippen molar-refractivity contribution >= 4 is 11.8 Å². The molecule has 1 aromatic carbocycles. The summed E-state index contributed by atoms with van der Waals surface area (Å²) in [6, 6.07) is 9.46. The summed E-state index contributed by atoms with van der Waals surface area (Å²) in [5, 5.41) is 3.53. The Labute approximate surface area is 97.7 Å². The molecule has 1 atom stereocenters. The van der Waals surface area contributed by atoms with Crippen LogP contribution in [0, 0.1) is 6.92 Å². The van der Waals surface area contributed by atoms with Gasteiger partial charge in [0.15, 0.2) is 0 Å². The number of hydrogen-bond donors (Lipinski definition) is 1. The highest BCUT2D eigenvalue weighted by atomic mass is 32.2. The largest absolute Gasteiger partial charge is 0.313 e. The highest BCUT2D eigenvalue weighted by Crippen LogP contribution is 2.08. The zero-order valence-corrected chi connectivity index (χ0v) is 10.7. The maximum Gasteiger partial charge on any atom is 0.0198 e. The van der Waals surface area contributed by atoms with Crippen molar-refractivity contribution in [2.24, 2.45) is 0 Å². The van der Waals surface area contributed by atoms with Gasteiger partial charge in [-0.1, -0.05) is 36.8 Å². The van der Waals surface area contributed by atoms with Crippen molar-refractivity contribution in [2.45, 2.75) is 26.3 Å². The first-order chi connectivity index (χ1) is 7.26. The molecule has 0 fully saturated rings. The van der Waals surface area contributed by atoms with Crippen molar-refractivity contribution in [3.05, 3.63) is 35.4 Å². The van der Waals surface area contributed by atoms with Crippen molar-refractivity contribution in [2.75, 3.05) is 18.6 Å². The first-order valence-electron chi connectivity index (χ1n) is 5.54. The van der Waals surface area contributed by atoms with Crippen LogP contribution in [0.25, 0.3) is 0 Å². The van der Waals surface area contributed by atoms with Gasteiger partial charge in [-0.2, -0.15) is 11.8 Å². The fourth-order valence-electron chi connectivity index (χ4n) is 1.69. The third-order valence-electron chi connectivity index (χ3n) is 2.46. The molecule has 0 spiro atoms. The van der Waals surface area contributed by atoms with Gasteiger partial charge in [-0.05, 0) is 31.7 Å². The minimum atomic E-state index is 0.604. The van der Waals surface area contributed by atoms with Gasteiger partial charge in [-0.15, -0.1) is 0 Å². The lowest BCUT2D eigenvalue weighted by molar-refractivity contribution is 0.573. The predicted octanol–water partition coefficient (Wildman–Crippen LogP) is 2.88. The number of aryl methyl sites for hydroxylation is 1. The molecule has 0 aromatic heterocycles. The first-order valence-corrected chi connectivity index (χ1v) is 6.93. The molecular weight excluding hydrogens is 202 g/mol. The molecule has 15 heavy (non-hydrogen) atoms. The Kier molecular flexibility index (Phi) is 5.81. The van der Waals surface area contributed by atoms with Crippen molar-refractivity contribution in [3.63, 3.8) is 0 Å². The molecule has 0 saturated carbocycles. The molecule has 0 heterocycles. The highest BCUT2D eigenvalue weighted by Gasteiger charge is 2.06. The molecule has 1 unspecified atom stereocenters. The second-order valence-electron chi connectivity index (χ2n) is 3.90. The van der Waals surface area contributed by atoms with Gasteiger partial charge in [-0.3, -0.25) is 0 Å². The van der Waals surface area contributed by atoms with Crippen molar-refractivity contribution in [3.8, 4) is 0 Å². The lowest BCUT2D eigenvalue weighted by Crippen LogP contribution is -2.33. The first kappa shape index (κ1) is 12.6. The van der Waals surface area contributed by atoms with E-state index in [4.69, 9.17) is 0 Å². The zero-order chi connectivity index (χ0) is 11.1. The zero-order valence-electron chi connectivity index (χ0n) is 9.92. The van der Waals surface area contributed by atoms with E-state index in [1.807, 2.05) is 11.8 Å². The molecule has 0 amide bonds. The lowest BCUT2D eigenvalue weighted by Gasteiger charge is -2.16. The molecule has 1 N–H and O–H groups in total. The summed E-state index contributed by atoms with van der Waals surface area (Å²) >= 11 is 1.91. The summed E-state index contributed by atoms with van der Waals surface area (Å²) < 4.78 is 0. The Morgan fingerprint density at radius 2 is 1.93 bits per heavy atom. The SMILES string of the molecule is CCNC(CSC)Cc1ccc(C)cc1. The van der Waals surface area contributed by atoms with Crippen LogP contribution in [0.1, 0.15) is 18.1 Å². The number of thioether (sulfide) groups is 1. The number of nitrogens with one attached hydrogen (secondary N) is 1. The van der Waals surface area contributed by atoms with E-state index in [1.54, 1.807) is 0 Å². The van der Waals surface area contributed by atoms with Crippen LogP contribution in [-0.4, -0.2) is 24.6 Å². The molecule has 2 heteroatoms. The van der Waals surface area contributed by atoms with Gasteiger partial charge >= 0.3 is 0 Å². The molecule has 84 valence electrons. The van der Waals surface area contributed by atoms with Crippen LogP contribution in [0.2, 0.25) is 0 Å². The monoisotopic (exact) mass is 223 g/mol. The standard InChI is InChI=1S/C13H21NS/c1-4-14-13(10-15-3)9-12-7-5-11(2)6-8-12/h5-8,13-14H,4,9-10H2,1-3H3. The van der Waals surface area contributed by atoms with E-state index in [-0.39, 0.29) is 0 Å². The van der Waals surface area contributed by atoms with Crippen LogP contribution in [-0.2, 0) is 6.42 Å². The molecule has 0 saturated heterocycles. The number of rotatable bonds is 6. The molecule has 1 rings (SSSR count). The maximum absolute atomic E-state index is 3.53. The predicted molar refractivity (Wildman–Crippen MR) is 70.7 cm³/mol. The Hall–Kier alpha value is -0.470. The number of likely N-dealkylation sites (N-methyl/N-ethyl adjacent to an activating group) is 1. The minimum absolute atomic E-state index is 0.604. The summed E-state index contributed by atoms with van der Waals surface area (Å²) in [6.07, 6.45) is 3.30. The minimum Gasteiger partial charge on any atom is -0.313 e. The maximum atomic E-state index is 3.53. The summed E-state index contributed by atoms with van der Waals surface area (Å²) in [6.45, 7) is 5.35. The Morgan fingerprint density at radius 1 is 1.27 bits per heavy atom. The summed E-state index contributed by atoms with van der Waals surface area (Å²) in [5.41, 5.74) is 2.77.